The molecule has 1 rings (SSSR count). The van der Waals surface area contributed by atoms with Crippen LogP contribution in [0.25, 0.3) is 0 Å². The second-order valence-corrected chi connectivity index (χ2v) is 4.89. The van der Waals surface area contributed by atoms with Gasteiger partial charge in [-0.25, -0.2) is 4.98 Å². The maximum atomic E-state index is 4.58. The van der Waals surface area contributed by atoms with Crippen LogP contribution in [0.2, 0.25) is 0 Å². The maximum absolute atomic E-state index is 4.58. The molecule has 0 radical (unpaired) electrons. The smallest absolute Gasteiger partial charge is 0.0928 e. The van der Waals surface area contributed by atoms with Crippen molar-refractivity contribution in [2.75, 3.05) is 6.54 Å². The molecular formula is C11H20N2S. The van der Waals surface area contributed by atoms with E-state index in [4.69, 9.17) is 0 Å². The summed E-state index contributed by atoms with van der Waals surface area (Å²) in [6.07, 6.45) is 2.38. The predicted octanol–water partition coefficient (Wildman–Crippen LogP) is 2.84. The average molecular weight is 212 g/mol. The fraction of sp³-hybridized carbons (Fsp3) is 0.727. The summed E-state index contributed by atoms with van der Waals surface area (Å²) < 4.78 is 0. The van der Waals surface area contributed by atoms with Gasteiger partial charge in [-0.05, 0) is 25.3 Å². The fourth-order valence-corrected chi connectivity index (χ4v) is 2.02. The maximum Gasteiger partial charge on any atom is 0.0928 e. The van der Waals surface area contributed by atoms with E-state index in [1.807, 2.05) is 0 Å². The lowest BCUT2D eigenvalue weighted by Gasteiger charge is -2.00. The molecule has 0 aliphatic rings. The fourth-order valence-electron chi connectivity index (χ4n) is 1.21. The van der Waals surface area contributed by atoms with Crippen LogP contribution in [0.1, 0.15) is 37.9 Å². The highest BCUT2D eigenvalue weighted by atomic mass is 32.1. The Hall–Kier alpha value is -0.410. The van der Waals surface area contributed by atoms with E-state index in [9.17, 15) is 0 Å². The Bertz CT molecular complexity index is 256. The van der Waals surface area contributed by atoms with Crippen LogP contribution in [0.5, 0.6) is 0 Å². The van der Waals surface area contributed by atoms with Crippen LogP contribution in [-0.4, -0.2) is 11.5 Å². The molecule has 2 nitrogen and oxygen atoms in total. The summed E-state index contributed by atoms with van der Waals surface area (Å²) in [7, 11) is 0. The van der Waals surface area contributed by atoms with E-state index in [1.54, 1.807) is 11.3 Å². The first-order chi connectivity index (χ1) is 6.72. The summed E-state index contributed by atoms with van der Waals surface area (Å²) in [6, 6.07) is 0. The molecule has 0 unspecified atom stereocenters. The number of hydrogen-bond acceptors (Lipinski definition) is 3. The SMILES string of the molecule is CCNCc1csc(CCC(C)C)n1. The highest BCUT2D eigenvalue weighted by Gasteiger charge is 2.02. The van der Waals surface area contributed by atoms with Gasteiger partial charge >= 0.3 is 0 Å². The zero-order chi connectivity index (χ0) is 10.4. The summed E-state index contributed by atoms with van der Waals surface area (Å²) in [5.41, 5.74) is 1.19. The molecule has 14 heavy (non-hydrogen) atoms. The minimum atomic E-state index is 0.774. The molecule has 0 aliphatic heterocycles. The van der Waals surface area contributed by atoms with Crippen LogP contribution < -0.4 is 5.32 Å². The van der Waals surface area contributed by atoms with Crippen molar-refractivity contribution in [3.05, 3.63) is 16.1 Å². The normalized spacial score (nSPS) is 11.1. The van der Waals surface area contributed by atoms with E-state index in [0.29, 0.717) is 0 Å². The minimum absolute atomic E-state index is 0.774. The third-order valence-electron chi connectivity index (χ3n) is 2.09. The molecule has 0 fully saturated rings. The number of aromatic nitrogens is 1. The first-order valence-electron chi connectivity index (χ1n) is 5.36. The van der Waals surface area contributed by atoms with Gasteiger partial charge in [-0.15, -0.1) is 11.3 Å². The third-order valence-corrected chi connectivity index (χ3v) is 3.05. The Kier molecular flexibility index (Phi) is 5.12. The molecule has 0 saturated carbocycles. The molecule has 0 amide bonds. The number of nitrogens with one attached hydrogen (secondary N) is 1. The van der Waals surface area contributed by atoms with Crippen LogP contribution in [-0.2, 0) is 13.0 Å². The van der Waals surface area contributed by atoms with E-state index in [-0.39, 0.29) is 0 Å². The van der Waals surface area contributed by atoms with Crippen molar-refractivity contribution in [2.45, 2.75) is 40.2 Å². The zero-order valence-corrected chi connectivity index (χ0v) is 10.2. The Labute approximate surface area is 90.8 Å². The van der Waals surface area contributed by atoms with Gasteiger partial charge in [0.1, 0.15) is 0 Å². The summed E-state index contributed by atoms with van der Waals surface area (Å²) in [5.74, 6) is 0.774. The molecule has 1 N–H and O–H groups in total. The third kappa shape index (κ3) is 4.20. The van der Waals surface area contributed by atoms with Crippen molar-refractivity contribution in [3.63, 3.8) is 0 Å². The van der Waals surface area contributed by atoms with Crippen molar-refractivity contribution < 1.29 is 0 Å². The van der Waals surface area contributed by atoms with Crippen molar-refractivity contribution >= 4 is 11.3 Å². The van der Waals surface area contributed by atoms with Gasteiger partial charge in [-0.1, -0.05) is 20.8 Å². The zero-order valence-electron chi connectivity index (χ0n) is 9.34. The van der Waals surface area contributed by atoms with Gasteiger partial charge in [0.25, 0.3) is 0 Å². The van der Waals surface area contributed by atoms with Crippen LogP contribution in [0.15, 0.2) is 5.38 Å². The van der Waals surface area contributed by atoms with Gasteiger partial charge in [0, 0.05) is 11.9 Å². The summed E-state index contributed by atoms with van der Waals surface area (Å²) >= 11 is 1.79. The van der Waals surface area contributed by atoms with E-state index in [2.05, 4.69) is 36.5 Å². The number of aryl methyl sites for hydroxylation is 1. The lowest BCUT2D eigenvalue weighted by atomic mass is 10.1. The molecule has 0 aromatic carbocycles. The molecule has 0 spiro atoms. The average Bonchev–Trinajstić information content (AvgIpc) is 2.59. The van der Waals surface area contributed by atoms with Gasteiger partial charge in [-0.2, -0.15) is 0 Å². The minimum Gasteiger partial charge on any atom is -0.311 e. The molecule has 0 bridgehead atoms. The Morgan fingerprint density at radius 1 is 1.50 bits per heavy atom. The molecule has 0 aliphatic carbocycles. The number of rotatable bonds is 6. The van der Waals surface area contributed by atoms with Crippen molar-refractivity contribution in [1.82, 2.24) is 10.3 Å². The van der Waals surface area contributed by atoms with E-state index < -0.39 is 0 Å². The summed E-state index contributed by atoms with van der Waals surface area (Å²) in [6.45, 7) is 8.56. The second-order valence-electron chi connectivity index (χ2n) is 3.95. The first kappa shape index (κ1) is 11.7. The largest absolute Gasteiger partial charge is 0.311 e. The Morgan fingerprint density at radius 3 is 2.93 bits per heavy atom. The van der Waals surface area contributed by atoms with Crippen molar-refractivity contribution in [2.24, 2.45) is 5.92 Å². The quantitative estimate of drug-likeness (QED) is 0.784. The van der Waals surface area contributed by atoms with E-state index in [0.717, 1.165) is 25.4 Å². The first-order valence-corrected chi connectivity index (χ1v) is 6.24. The van der Waals surface area contributed by atoms with Crippen LogP contribution in [0.3, 0.4) is 0 Å². The number of nitrogens with zero attached hydrogens (tertiary/aromatic N) is 1. The van der Waals surface area contributed by atoms with Crippen LogP contribution in [0.4, 0.5) is 0 Å². The molecule has 1 heterocycles. The summed E-state index contributed by atoms with van der Waals surface area (Å²) in [5, 5.41) is 6.74. The molecular weight excluding hydrogens is 192 g/mol. The molecule has 80 valence electrons. The monoisotopic (exact) mass is 212 g/mol. The number of hydrogen-bond donors (Lipinski definition) is 1. The second kappa shape index (κ2) is 6.14. The van der Waals surface area contributed by atoms with Gasteiger partial charge in [0.2, 0.25) is 0 Å². The van der Waals surface area contributed by atoms with E-state index in [1.165, 1.54) is 17.1 Å². The Morgan fingerprint density at radius 2 is 2.29 bits per heavy atom. The highest BCUT2D eigenvalue weighted by Crippen LogP contribution is 2.14. The lowest BCUT2D eigenvalue weighted by molar-refractivity contribution is 0.584. The van der Waals surface area contributed by atoms with Gasteiger partial charge in [0.15, 0.2) is 0 Å². The summed E-state index contributed by atoms with van der Waals surface area (Å²) in [4.78, 5) is 4.58. The standard InChI is InChI=1S/C11H20N2S/c1-4-12-7-10-8-14-11(13-10)6-5-9(2)3/h8-9,12H,4-7H2,1-3H3. The highest BCUT2D eigenvalue weighted by molar-refractivity contribution is 7.09. The molecule has 1 aromatic heterocycles. The molecule has 0 saturated heterocycles. The Balaban J connectivity index is 2.35. The van der Waals surface area contributed by atoms with Crippen molar-refractivity contribution in [3.8, 4) is 0 Å². The van der Waals surface area contributed by atoms with E-state index >= 15 is 0 Å². The lowest BCUT2D eigenvalue weighted by Crippen LogP contribution is -2.11. The molecule has 1 aromatic rings. The van der Waals surface area contributed by atoms with Crippen molar-refractivity contribution in [1.29, 1.82) is 0 Å². The predicted molar refractivity (Wildman–Crippen MR) is 62.7 cm³/mol. The van der Waals surface area contributed by atoms with Crippen LogP contribution in [0, 0.1) is 5.92 Å². The molecule has 3 heteroatoms. The van der Waals surface area contributed by atoms with Gasteiger partial charge in [-0.3, -0.25) is 0 Å². The number of thiazole rings is 1. The molecule has 0 atom stereocenters. The van der Waals surface area contributed by atoms with Gasteiger partial charge in [0.05, 0.1) is 10.7 Å². The van der Waals surface area contributed by atoms with Crippen LogP contribution >= 0.6 is 11.3 Å². The van der Waals surface area contributed by atoms with Gasteiger partial charge < -0.3 is 5.32 Å². The topological polar surface area (TPSA) is 24.9 Å².